The Morgan fingerprint density at radius 1 is 1.00 bits per heavy atom. The molecule has 0 unspecified atom stereocenters. The van der Waals surface area contributed by atoms with E-state index in [4.69, 9.17) is 5.73 Å². The van der Waals surface area contributed by atoms with Gasteiger partial charge in [0.1, 0.15) is 0 Å². The van der Waals surface area contributed by atoms with Crippen LogP contribution in [0.5, 0.6) is 0 Å². The summed E-state index contributed by atoms with van der Waals surface area (Å²) < 4.78 is 14.3. The van der Waals surface area contributed by atoms with Crippen molar-refractivity contribution in [2.75, 3.05) is 26.2 Å². The quantitative estimate of drug-likeness (QED) is 0.865. The molecule has 120 valence electrons. The van der Waals surface area contributed by atoms with Gasteiger partial charge in [0.2, 0.25) is 0 Å². The third-order valence-corrected chi connectivity index (χ3v) is 4.65. The van der Waals surface area contributed by atoms with E-state index in [1.54, 1.807) is 4.90 Å². The highest BCUT2D eigenvalue weighted by Gasteiger charge is 2.29. The van der Waals surface area contributed by atoms with Gasteiger partial charge in [0.25, 0.3) is 5.91 Å². The van der Waals surface area contributed by atoms with Crippen LogP contribution >= 0.6 is 0 Å². The SMILES string of the molecule is NC(=O)N1CCCN(C(=O)[C@@H](F)CC2CCCCC2)CC1. The molecule has 5 nitrogen and oxygen atoms in total. The second kappa shape index (κ2) is 7.61. The van der Waals surface area contributed by atoms with Crippen molar-refractivity contribution in [2.24, 2.45) is 11.7 Å². The van der Waals surface area contributed by atoms with Gasteiger partial charge in [0.05, 0.1) is 0 Å². The Morgan fingerprint density at radius 2 is 1.62 bits per heavy atom. The molecule has 1 saturated heterocycles. The van der Waals surface area contributed by atoms with E-state index in [0.717, 1.165) is 25.7 Å². The van der Waals surface area contributed by atoms with E-state index in [9.17, 15) is 14.0 Å². The highest BCUT2D eigenvalue weighted by molar-refractivity contribution is 5.81. The molecule has 1 aliphatic carbocycles. The summed E-state index contributed by atoms with van der Waals surface area (Å²) in [5.41, 5.74) is 5.25. The van der Waals surface area contributed by atoms with Crippen LogP contribution in [0.2, 0.25) is 0 Å². The predicted molar refractivity (Wildman–Crippen MR) is 78.4 cm³/mol. The number of alkyl halides is 1. The first-order valence-corrected chi connectivity index (χ1v) is 8.05. The van der Waals surface area contributed by atoms with E-state index >= 15 is 0 Å². The molecule has 1 saturated carbocycles. The van der Waals surface area contributed by atoms with Gasteiger partial charge in [-0.05, 0) is 18.8 Å². The highest BCUT2D eigenvalue weighted by atomic mass is 19.1. The summed E-state index contributed by atoms with van der Waals surface area (Å²) in [6.45, 7) is 1.83. The van der Waals surface area contributed by atoms with Gasteiger partial charge in [-0.15, -0.1) is 0 Å². The molecule has 2 N–H and O–H groups in total. The van der Waals surface area contributed by atoms with E-state index in [2.05, 4.69) is 0 Å². The number of carbonyl (C=O) groups is 2. The maximum Gasteiger partial charge on any atom is 0.314 e. The molecule has 2 fully saturated rings. The fourth-order valence-electron chi connectivity index (χ4n) is 3.37. The van der Waals surface area contributed by atoms with Gasteiger partial charge in [-0.2, -0.15) is 0 Å². The van der Waals surface area contributed by atoms with Gasteiger partial charge in [0.15, 0.2) is 6.17 Å². The van der Waals surface area contributed by atoms with Crippen LogP contribution in [0.4, 0.5) is 9.18 Å². The zero-order chi connectivity index (χ0) is 15.2. The number of primary amides is 1. The average molecular weight is 299 g/mol. The Balaban J connectivity index is 1.82. The molecule has 0 bridgehead atoms. The van der Waals surface area contributed by atoms with Gasteiger partial charge in [-0.3, -0.25) is 4.79 Å². The number of rotatable bonds is 3. The topological polar surface area (TPSA) is 66.6 Å². The number of nitrogens with two attached hydrogens (primary N) is 1. The molecule has 0 radical (unpaired) electrons. The van der Waals surface area contributed by atoms with Crippen LogP contribution in [-0.2, 0) is 4.79 Å². The van der Waals surface area contributed by atoms with Crippen LogP contribution in [0.1, 0.15) is 44.9 Å². The standard InChI is InChI=1S/C15H26FN3O2/c16-13(11-12-5-2-1-3-6-12)14(20)18-7-4-8-19(10-9-18)15(17)21/h12-13H,1-11H2,(H2,17,21)/t13-/m0/s1. The maximum atomic E-state index is 14.3. The minimum atomic E-state index is -1.40. The van der Waals surface area contributed by atoms with Gasteiger partial charge in [0, 0.05) is 26.2 Å². The fourth-order valence-corrected chi connectivity index (χ4v) is 3.37. The molecule has 0 aromatic carbocycles. The molecular formula is C15H26FN3O2. The Hall–Kier alpha value is -1.33. The number of carbonyl (C=O) groups excluding carboxylic acids is 2. The van der Waals surface area contributed by atoms with Gasteiger partial charge >= 0.3 is 6.03 Å². The molecule has 21 heavy (non-hydrogen) atoms. The largest absolute Gasteiger partial charge is 0.351 e. The van der Waals surface area contributed by atoms with Crippen molar-refractivity contribution < 1.29 is 14.0 Å². The molecule has 0 spiro atoms. The van der Waals surface area contributed by atoms with Crippen molar-refractivity contribution in [2.45, 2.75) is 51.1 Å². The highest BCUT2D eigenvalue weighted by Crippen LogP contribution is 2.28. The minimum Gasteiger partial charge on any atom is -0.351 e. The third kappa shape index (κ3) is 4.58. The zero-order valence-corrected chi connectivity index (χ0v) is 12.6. The molecule has 2 rings (SSSR count). The molecule has 3 amide bonds. The van der Waals surface area contributed by atoms with Crippen molar-refractivity contribution in [3.05, 3.63) is 0 Å². The number of nitrogens with zero attached hydrogens (tertiary/aromatic N) is 2. The van der Waals surface area contributed by atoms with E-state index in [1.165, 1.54) is 11.3 Å². The second-order valence-electron chi connectivity index (χ2n) is 6.21. The molecule has 0 aromatic rings. The third-order valence-electron chi connectivity index (χ3n) is 4.65. The van der Waals surface area contributed by atoms with Gasteiger partial charge < -0.3 is 15.5 Å². The number of hydrogen-bond donors (Lipinski definition) is 1. The van der Waals surface area contributed by atoms with E-state index in [-0.39, 0.29) is 0 Å². The van der Waals surface area contributed by atoms with Crippen molar-refractivity contribution in [3.63, 3.8) is 0 Å². The van der Waals surface area contributed by atoms with Crippen molar-refractivity contribution in [1.29, 1.82) is 0 Å². The summed E-state index contributed by atoms with van der Waals surface area (Å²) in [4.78, 5) is 26.4. The summed E-state index contributed by atoms with van der Waals surface area (Å²) in [7, 11) is 0. The smallest absolute Gasteiger partial charge is 0.314 e. The Bertz CT molecular complexity index is 372. The predicted octanol–water partition coefficient (Wildman–Crippen LogP) is 1.91. The minimum absolute atomic E-state index is 0.354. The van der Waals surface area contributed by atoms with Crippen molar-refractivity contribution in [3.8, 4) is 0 Å². The van der Waals surface area contributed by atoms with E-state index in [0.29, 0.717) is 44.9 Å². The lowest BCUT2D eigenvalue weighted by Gasteiger charge is -2.26. The number of urea groups is 1. The fraction of sp³-hybridized carbons (Fsp3) is 0.867. The van der Waals surface area contributed by atoms with Crippen LogP contribution in [-0.4, -0.2) is 54.1 Å². The van der Waals surface area contributed by atoms with Crippen LogP contribution in [0.25, 0.3) is 0 Å². The summed E-state index contributed by atoms with van der Waals surface area (Å²) in [6.07, 6.45) is 5.25. The Morgan fingerprint density at radius 3 is 2.29 bits per heavy atom. The molecule has 2 aliphatic rings. The van der Waals surface area contributed by atoms with Gasteiger partial charge in [-0.1, -0.05) is 32.1 Å². The lowest BCUT2D eigenvalue weighted by molar-refractivity contribution is -0.137. The molecule has 0 aromatic heterocycles. The van der Waals surface area contributed by atoms with E-state index < -0.39 is 18.1 Å². The van der Waals surface area contributed by atoms with E-state index in [1.807, 2.05) is 0 Å². The van der Waals surface area contributed by atoms with Crippen LogP contribution in [0.3, 0.4) is 0 Å². The van der Waals surface area contributed by atoms with Crippen LogP contribution < -0.4 is 5.73 Å². The molecular weight excluding hydrogens is 273 g/mol. The van der Waals surface area contributed by atoms with Crippen molar-refractivity contribution in [1.82, 2.24) is 9.80 Å². The summed E-state index contributed by atoms with van der Waals surface area (Å²) >= 11 is 0. The van der Waals surface area contributed by atoms with Gasteiger partial charge in [-0.25, -0.2) is 9.18 Å². The zero-order valence-electron chi connectivity index (χ0n) is 12.6. The van der Waals surface area contributed by atoms with Crippen molar-refractivity contribution >= 4 is 11.9 Å². The second-order valence-corrected chi connectivity index (χ2v) is 6.21. The first kappa shape index (κ1) is 16.0. The lowest BCUT2D eigenvalue weighted by Crippen LogP contribution is -2.42. The molecule has 1 heterocycles. The molecule has 1 aliphatic heterocycles. The first-order chi connectivity index (χ1) is 10.1. The lowest BCUT2D eigenvalue weighted by atomic mass is 9.85. The number of amides is 3. The first-order valence-electron chi connectivity index (χ1n) is 8.05. The van der Waals surface area contributed by atoms with Crippen LogP contribution in [0, 0.1) is 5.92 Å². The normalized spacial score (nSPS) is 22.7. The Labute approximate surface area is 125 Å². The average Bonchev–Trinajstić information content (AvgIpc) is 2.73. The molecule has 1 atom stereocenters. The number of halogens is 1. The summed E-state index contributed by atoms with van der Waals surface area (Å²) in [6, 6.07) is -0.469. The monoisotopic (exact) mass is 299 g/mol. The Kier molecular flexibility index (Phi) is 5.82. The van der Waals surface area contributed by atoms with Crippen LogP contribution in [0.15, 0.2) is 0 Å². The summed E-state index contributed by atoms with van der Waals surface area (Å²) in [5.74, 6) is -0.0568. The number of hydrogen-bond acceptors (Lipinski definition) is 2. The molecule has 6 heteroatoms. The maximum absolute atomic E-state index is 14.3. The summed E-state index contributed by atoms with van der Waals surface area (Å²) in [5, 5.41) is 0.